The number of rotatable bonds is 9. The minimum atomic E-state index is -3.19. The van der Waals surface area contributed by atoms with E-state index in [0.29, 0.717) is 24.6 Å². The molecular formula is C22H30N2O4S. The van der Waals surface area contributed by atoms with Crippen LogP contribution in [0.1, 0.15) is 11.1 Å². The fourth-order valence-corrected chi connectivity index (χ4v) is 4.12. The van der Waals surface area contributed by atoms with Crippen LogP contribution in [0.15, 0.2) is 59.5 Å². The summed E-state index contributed by atoms with van der Waals surface area (Å²) in [5.74, 6) is 0. The Kier molecular flexibility index (Phi) is 7.43. The first-order valence-electron chi connectivity index (χ1n) is 9.87. The van der Waals surface area contributed by atoms with Gasteiger partial charge in [0.05, 0.1) is 29.8 Å². The normalized spacial score (nSPS) is 22.3. The van der Waals surface area contributed by atoms with E-state index in [1.807, 2.05) is 25.2 Å². The zero-order chi connectivity index (χ0) is 20.9. The molecule has 2 aromatic carbocycles. The molecule has 3 atom stereocenters. The Morgan fingerprint density at radius 3 is 2.45 bits per heavy atom. The van der Waals surface area contributed by atoms with Gasteiger partial charge in [-0.05, 0) is 36.7 Å². The predicted octanol–water partition coefficient (Wildman–Crippen LogP) is 1.48. The molecule has 2 N–H and O–H groups in total. The number of sulfone groups is 1. The molecule has 0 aliphatic carbocycles. The molecule has 7 heteroatoms. The molecule has 2 aromatic rings. The summed E-state index contributed by atoms with van der Waals surface area (Å²) in [7, 11) is -1.14. The van der Waals surface area contributed by atoms with Crippen LogP contribution in [0.5, 0.6) is 0 Å². The highest BCUT2D eigenvalue weighted by molar-refractivity contribution is 7.90. The van der Waals surface area contributed by atoms with Crippen LogP contribution in [0.25, 0.3) is 0 Å². The first-order chi connectivity index (χ1) is 13.8. The van der Waals surface area contributed by atoms with Gasteiger partial charge in [0, 0.05) is 25.9 Å². The molecule has 0 bridgehead atoms. The van der Waals surface area contributed by atoms with Gasteiger partial charge in [0.15, 0.2) is 9.84 Å². The molecule has 29 heavy (non-hydrogen) atoms. The van der Waals surface area contributed by atoms with Crippen LogP contribution in [0.4, 0.5) is 0 Å². The molecule has 1 fully saturated rings. The maximum atomic E-state index is 11.5. The van der Waals surface area contributed by atoms with Crippen LogP contribution < -0.4 is 5.32 Å². The molecule has 6 nitrogen and oxygen atoms in total. The standard InChI is InChI=1S/C22H30N2O4S/c1-24(13-12-17-6-4-3-5-7-17)15-21-22(25)20(16-28-21)23-14-18-8-10-19(11-9-18)29(2,26)27/h3-11,20-23,25H,12-16H2,1-2H3. The van der Waals surface area contributed by atoms with Crippen molar-refractivity contribution in [2.75, 3.05) is 33.0 Å². The summed E-state index contributed by atoms with van der Waals surface area (Å²) < 4.78 is 28.9. The smallest absolute Gasteiger partial charge is 0.175 e. The quantitative estimate of drug-likeness (QED) is 0.642. The number of hydrogen-bond acceptors (Lipinski definition) is 6. The van der Waals surface area contributed by atoms with E-state index in [0.717, 1.165) is 18.5 Å². The topological polar surface area (TPSA) is 78.9 Å². The van der Waals surface area contributed by atoms with Crippen LogP contribution in [0.3, 0.4) is 0 Å². The summed E-state index contributed by atoms with van der Waals surface area (Å²) in [6.07, 6.45) is 1.36. The van der Waals surface area contributed by atoms with Gasteiger partial charge in [-0.1, -0.05) is 42.5 Å². The Morgan fingerprint density at radius 2 is 1.79 bits per heavy atom. The van der Waals surface area contributed by atoms with Crippen LogP contribution in [0.2, 0.25) is 0 Å². The van der Waals surface area contributed by atoms with Crippen molar-refractivity contribution in [3.63, 3.8) is 0 Å². The van der Waals surface area contributed by atoms with E-state index in [-0.39, 0.29) is 12.1 Å². The number of benzene rings is 2. The highest BCUT2D eigenvalue weighted by Gasteiger charge is 2.35. The van der Waals surface area contributed by atoms with Gasteiger partial charge in [-0.15, -0.1) is 0 Å². The van der Waals surface area contributed by atoms with Gasteiger partial charge < -0.3 is 20.1 Å². The first-order valence-corrected chi connectivity index (χ1v) is 11.8. The van der Waals surface area contributed by atoms with E-state index in [4.69, 9.17) is 4.74 Å². The molecule has 0 aromatic heterocycles. The molecule has 1 aliphatic rings. The van der Waals surface area contributed by atoms with E-state index < -0.39 is 15.9 Å². The maximum absolute atomic E-state index is 11.5. The third kappa shape index (κ3) is 6.35. The maximum Gasteiger partial charge on any atom is 0.175 e. The lowest BCUT2D eigenvalue weighted by Gasteiger charge is -2.24. The Labute approximate surface area is 173 Å². The predicted molar refractivity (Wildman–Crippen MR) is 114 cm³/mol. The average molecular weight is 419 g/mol. The SMILES string of the molecule is CN(CCc1ccccc1)CC1OCC(NCc2ccc(S(C)(=O)=O)cc2)C1O. The molecule has 0 saturated carbocycles. The minimum Gasteiger partial charge on any atom is -0.389 e. The molecule has 0 amide bonds. The highest BCUT2D eigenvalue weighted by atomic mass is 32.2. The third-order valence-electron chi connectivity index (χ3n) is 5.32. The summed E-state index contributed by atoms with van der Waals surface area (Å²) in [6, 6.07) is 17.0. The van der Waals surface area contributed by atoms with Crippen LogP contribution in [0, 0.1) is 0 Å². The van der Waals surface area contributed by atoms with E-state index >= 15 is 0 Å². The molecule has 1 heterocycles. The molecule has 3 rings (SSSR count). The fourth-order valence-electron chi connectivity index (χ4n) is 3.49. The first kappa shape index (κ1) is 21.9. The van der Waals surface area contributed by atoms with Crippen molar-refractivity contribution < 1.29 is 18.3 Å². The molecule has 0 spiro atoms. The lowest BCUT2D eigenvalue weighted by atomic mass is 10.1. The van der Waals surface area contributed by atoms with Crippen molar-refractivity contribution in [2.45, 2.75) is 36.1 Å². The third-order valence-corrected chi connectivity index (χ3v) is 6.45. The number of likely N-dealkylation sites (N-methyl/N-ethyl adjacent to an activating group) is 1. The summed E-state index contributed by atoms with van der Waals surface area (Å²) in [5, 5.41) is 13.9. The Balaban J connectivity index is 1.44. The van der Waals surface area contributed by atoms with E-state index in [1.54, 1.807) is 24.3 Å². The lowest BCUT2D eigenvalue weighted by Crippen LogP contribution is -2.44. The molecular weight excluding hydrogens is 388 g/mol. The monoisotopic (exact) mass is 418 g/mol. The second-order valence-corrected chi connectivity index (χ2v) is 9.78. The zero-order valence-electron chi connectivity index (χ0n) is 17.0. The van der Waals surface area contributed by atoms with E-state index in [2.05, 4.69) is 22.3 Å². The van der Waals surface area contributed by atoms with Gasteiger partial charge in [-0.2, -0.15) is 0 Å². The molecule has 3 unspecified atom stereocenters. The average Bonchev–Trinajstić information content (AvgIpc) is 3.05. The van der Waals surface area contributed by atoms with Crippen molar-refractivity contribution in [2.24, 2.45) is 0 Å². The van der Waals surface area contributed by atoms with Gasteiger partial charge in [-0.25, -0.2) is 8.42 Å². The lowest BCUT2D eigenvalue weighted by molar-refractivity contribution is 0.0202. The van der Waals surface area contributed by atoms with Crippen molar-refractivity contribution in [1.82, 2.24) is 10.2 Å². The molecule has 0 radical (unpaired) electrons. The van der Waals surface area contributed by atoms with Crippen LogP contribution >= 0.6 is 0 Å². The zero-order valence-corrected chi connectivity index (χ0v) is 17.8. The number of aliphatic hydroxyl groups excluding tert-OH is 1. The molecule has 1 saturated heterocycles. The summed E-state index contributed by atoms with van der Waals surface area (Å²) in [5.41, 5.74) is 2.27. The Bertz CT molecular complexity index is 871. The summed E-state index contributed by atoms with van der Waals surface area (Å²) in [4.78, 5) is 2.50. The largest absolute Gasteiger partial charge is 0.389 e. The Morgan fingerprint density at radius 1 is 1.10 bits per heavy atom. The van der Waals surface area contributed by atoms with Gasteiger partial charge in [0.1, 0.15) is 0 Å². The van der Waals surface area contributed by atoms with Crippen LogP contribution in [-0.2, 0) is 27.5 Å². The van der Waals surface area contributed by atoms with E-state index in [1.165, 1.54) is 11.8 Å². The van der Waals surface area contributed by atoms with Crippen molar-refractivity contribution in [3.8, 4) is 0 Å². The number of hydrogen-bond donors (Lipinski definition) is 2. The number of aliphatic hydroxyl groups is 1. The fraction of sp³-hybridized carbons (Fsp3) is 0.455. The number of nitrogens with zero attached hydrogens (tertiary/aromatic N) is 1. The highest BCUT2D eigenvalue weighted by Crippen LogP contribution is 2.17. The van der Waals surface area contributed by atoms with Crippen molar-refractivity contribution >= 4 is 9.84 Å². The van der Waals surface area contributed by atoms with Gasteiger partial charge >= 0.3 is 0 Å². The van der Waals surface area contributed by atoms with Gasteiger partial charge in [0.25, 0.3) is 0 Å². The summed E-state index contributed by atoms with van der Waals surface area (Å²) >= 11 is 0. The summed E-state index contributed by atoms with van der Waals surface area (Å²) in [6.45, 7) is 2.59. The van der Waals surface area contributed by atoms with Gasteiger partial charge in [0.2, 0.25) is 0 Å². The molecule has 1 aliphatic heterocycles. The van der Waals surface area contributed by atoms with Gasteiger partial charge in [-0.3, -0.25) is 0 Å². The number of ether oxygens (including phenoxy) is 1. The van der Waals surface area contributed by atoms with Crippen molar-refractivity contribution in [3.05, 3.63) is 65.7 Å². The minimum absolute atomic E-state index is 0.142. The van der Waals surface area contributed by atoms with Crippen LogP contribution in [-0.4, -0.2) is 69.7 Å². The number of nitrogens with one attached hydrogen (secondary N) is 1. The second kappa shape index (κ2) is 9.82. The van der Waals surface area contributed by atoms with E-state index in [9.17, 15) is 13.5 Å². The second-order valence-electron chi connectivity index (χ2n) is 7.76. The Hall–Kier alpha value is -1.77. The van der Waals surface area contributed by atoms with Crippen molar-refractivity contribution in [1.29, 1.82) is 0 Å². The molecule has 158 valence electrons.